The number of carbonyl (C=O) groups excluding carboxylic acids is 1. The molecule has 0 radical (unpaired) electrons. The van der Waals surface area contributed by atoms with Gasteiger partial charge in [-0.2, -0.15) is 0 Å². The Kier molecular flexibility index (Phi) is 4.60. The molecule has 0 bridgehead atoms. The number of aromatic nitrogens is 1. The quantitative estimate of drug-likeness (QED) is 0.734. The van der Waals surface area contributed by atoms with Gasteiger partial charge in [0.1, 0.15) is 5.82 Å². The van der Waals surface area contributed by atoms with Crippen LogP contribution < -0.4 is 10.0 Å². The molecule has 8 heteroatoms. The third kappa shape index (κ3) is 4.15. The van der Waals surface area contributed by atoms with E-state index in [9.17, 15) is 17.6 Å². The van der Waals surface area contributed by atoms with Gasteiger partial charge in [-0.15, -0.1) is 0 Å². The van der Waals surface area contributed by atoms with E-state index < -0.39 is 21.7 Å². The minimum Gasteiger partial charge on any atom is -0.322 e. The molecular formula is C18H16FN3O3S. The lowest BCUT2D eigenvalue weighted by molar-refractivity contribution is 0.102. The van der Waals surface area contributed by atoms with Crippen LogP contribution in [-0.4, -0.2) is 25.6 Å². The van der Waals surface area contributed by atoms with E-state index in [0.717, 1.165) is 6.26 Å². The van der Waals surface area contributed by atoms with Gasteiger partial charge >= 0.3 is 0 Å². The van der Waals surface area contributed by atoms with Gasteiger partial charge in [-0.3, -0.25) is 14.5 Å². The van der Waals surface area contributed by atoms with Gasteiger partial charge in [-0.1, -0.05) is 6.07 Å². The van der Waals surface area contributed by atoms with Crippen LogP contribution in [0.2, 0.25) is 0 Å². The summed E-state index contributed by atoms with van der Waals surface area (Å²) in [7, 11) is -3.42. The molecule has 0 aliphatic heterocycles. The summed E-state index contributed by atoms with van der Waals surface area (Å²) in [5.74, 6) is -0.829. The molecule has 2 aromatic carbocycles. The van der Waals surface area contributed by atoms with Crippen molar-refractivity contribution >= 4 is 38.2 Å². The van der Waals surface area contributed by atoms with Gasteiger partial charge in [0.25, 0.3) is 5.91 Å². The number of nitrogens with zero attached hydrogens (tertiary/aromatic N) is 1. The maximum atomic E-state index is 13.4. The van der Waals surface area contributed by atoms with Crippen LogP contribution >= 0.6 is 0 Å². The number of nitrogens with one attached hydrogen (secondary N) is 2. The molecule has 26 heavy (non-hydrogen) atoms. The fourth-order valence-corrected chi connectivity index (χ4v) is 3.15. The molecule has 0 spiro atoms. The van der Waals surface area contributed by atoms with Crippen LogP contribution in [0.5, 0.6) is 0 Å². The van der Waals surface area contributed by atoms with E-state index in [1.54, 1.807) is 31.2 Å². The van der Waals surface area contributed by atoms with Gasteiger partial charge in [-0.05, 0) is 43.3 Å². The van der Waals surface area contributed by atoms with Crippen LogP contribution in [0.3, 0.4) is 0 Å². The first-order valence-corrected chi connectivity index (χ1v) is 9.56. The van der Waals surface area contributed by atoms with Crippen molar-refractivity contribution in [2.75, 3.05) is 16.3 Å². The van der Waals surface area contributed by atoms with Crippen LogP contribution in [0.1, 0.15) is 16.1 Å². The smallest absolute Gasteiger partial charge is 0.256 e. The summed E-state index contributed by atoms with van der Waals surface area (Å²) in [5, 5.41) is 3.25. The van der Waals surface area contributed by atoms with Crippen molar-refractivity contribution in [3.8, 4) is 0 Å². The lowest BCUT2D eigenvalue weighted by Crippen LogP contribution is -2.14. The Bertz CT molecular complexity index is 1110. The molecule has 0 saturated heterocycles. The lowest BCUT2D eigenvalue weighted by atomic mass is 10.1. The fourth-order valence-electron chi connectivity index (χ4n) is 2.59. The van der Waals surface area contributed by atoms with E-state index >= 15 is 0 Å². The molecule has 1 amide bonds. The zero-order valence-corrected chi connectivity index (χ0v) is 14.9. The average molecular weight is 373 g/mol. The van der Waals surface area contributed by atoms with Crippen molar-refractivity contribution in [1.82, 2.24) is 4.98 Å². The molecular weight excluding hydrogens is 357 g/mol. The highest BCUT2D eigenvalue weighted by Crippen LogP contribution is 2.22. The number of pyridine rings is 1. The van der Waals surface area contributed by atoms with Crippen LogP contribution in [0.15, 0.2) is 48.5 Å². The van der Waals surface area contributed by atoms with Gasteiger partial charge in [-0.25, -0.2) is 12.8 Å². The summed E-state index contributed by atoms with van der Waals surface area (Å²) in [4.78, 5) is 16.9. The number of aryl methyl sites for hydroxylation is 1. The minimum atomic E-state index is -3.42. The highest BCUT2D eigenvalue weighted by Gasteiger charge is 2.13. The van der Waals surface area contributed by atoms with E-state index in [0.29, 0.717) is 33.5 Å². The van der Waals surface area contributed by atoms with E-state index in [4.69, 9.17) is 0 Å². The number of benzene rings is 2. The van der Waals surface area contributed by atoms with Gasteiger partial charge in [0.2, 0.25) is 10.0 Å². The van der Waals surface area contributed by atoms with Crippen molar-refractivity contribution in [2.24, 2.45) is 0 Å². The predicted molar refractivity (Wildman–Crippen MR) is 99.3 cm³/mol. The first-order chi connectivity index (χ1) is 12.2. The number of hydrogen-bond acceptors (Lipinski definition) is 4. The third-order valence-corrected chi connectivity index (χ3v) is 4.17. The second-order valence-electron chi connectivity index (χ2n) is 5.88. The highest BCUT2D eigenvalue weighted by molar-refractivity contribution is 7.92. The number of rotatable bonds is 4. The monoisotopic (exact) mass is 373 g/mol. The molecule has 1 aromatic heterocycles. The molecule has 0 aliphatic carbocycles. The Hall–Kier alpha value is -3.00. The fraction of sp³-hybridized carbons (Fsp3) is 0.111. The molecule has 3 rings (SSSR count). The third-order valence-electron chi connectivity index (χ3n) is 3.57. The topological polar surface area (TPSA) is 88.2 Å². The normalized spacial score (nSPS) is 11.3. The Morgan fingerprint density at radius 2 is 1.81 bits per heavy atom. The standard InChI is InChI=1S/C18H16FN3O3S/c1-11-8-16(15-7-6-12(19)9-17(15)20-11)18(23)21-13-4-3-5-14(10-13)22-26(2,24)25/h3-10,22H,1-2H3,(H,21,23). The number of amides is 1. The van der Waals surface area contributed by atoms with Crippen molar-refractivity contribution in [1.29, 1.82) is 0 Å². The molecule has 2 N–H and O–H groups in total. The van der Waals surface area contributed by atoms with Crippen molar-refractivity contribution in [2.45, 2.75) is 6.92 Å². The number of anilines is 2. The van der Waals surface area contributed by atoms with Crippen molar-refractivity contribution in [3.05, 3.63) is 65.6 Å². The lowest BCUT2D eigenvalue weighted by Gasteiger charge is -2.11. The number of halogens is 1. The number of hydrogen-bond donors (Lipinski definition) is 2. The molecule has 1 heterocycles. The summed E-state index contributed by atoms with van der Waals surface area (Å²) in [6.45, 7) is 1.72. The van der Waals surface area contributed by atoms with Gasteiger partial charge in [0.15, 0.2) is 0 Å². The van der Waals surface area contributed by atoms with E-state index in [1.165, 1.54) is 24.3 Å². The van der Waals surface area contributed by atoms with Crippen LogP contribution in [0.25, 0.3) is 10.9 Å². The van der Waals surface area contributed by atoms with Gasteiger partial charge in [0.05, 0.1) is 23.0 Å². The predicted octanol–water partition coefficient (Wildman–Crippen LogP) is 3.31. The Morgan fingerprint density at radius 3 is 2.54 bits per heavy atom. The maximum absolute atomic E-state index is 13.4. The summed E-state index contributed by atoms with van der Waals surface area (Å²) >= 11 is 0. The minimum absolute atomic E-state index is 0.336. The zero-order valence-electron chi connectivity index (χ0n) is 14.1. The Balaban J connectivity index is 1.94. The molecule has 0 fully saturated rings. The number of sulfonamides is 1. The molecule has 0 aliphatic rings. The molecule has 134 valence electrons. The summed E-state index contributed by atoms with van der Waals surface area (Å²) < 4.78 is 38.4. The Labute approximate surface area is 150 Å². The largest absolute Gasteiger partial charge is 0.322 e. The van der Waals surface area contributed by atoms with E-state index in [-0.39, 0.29) is 0 Å². The maximum Gasteiger partial charge on any atom is 0.256 e. The van der Waals surface area contributed by atoms with Gasteiger partial charge in [0, 0.05) is 22.8 Å². The summed E-state index contributed by atoms with van der Waals surface area (Å²) in [6.07, 6.45) is 1.04. The SMILES string of the molecule is Cc1cc(C(=O)Nc2cccc(NS(C)(=O)=O)c2)c2ccc(F)cc2n1. The molecule has 0 unspecified atom stereocenters. The molecule has 3 aromatic rings. The first-order valence-electron chi connectivity index (χ1n) is 7.67. The molecule has 6 nitrogen and oxygen atoms in total. The van der Waals surface area contributed by atoms with Crippen molar-refractivity contribution < 1.29 is 17.6 Å². The second kappa shape index (κ2) is 6.72. The number of fused-ring (bicyclic) bond motifs is 1. The van der Waals surface area contributed by atoms with Crippen LogP contribution in [-0.2, 0) is 10.0 Å². The van der Waals surface area contributed by atoms with Crippen LogP contribution in [0, 0.1) is 12.7 Å². The number of carbonyl (C=O) groups is 1. The highest BCUT2D eigenvalue weighted by atomic mass is 32.2. The summed E-state index contributed by atoms with van der Waals surface area (Å²) in [5.41, 5.74) is 2.09. The Morgan fingerprint density at radius 1 is 1.08 bits per heavy atom. The van der Waals surface area contributed by atoms with Crippen molar-refractivity contribution in [3.63, 3.8) is 0 Å². The zero-order chi connectivity index (χ0) is 18.9. The molecule has 0 saturated carbocycles. The molecule has 0 atom stereocenters. The average Bonchev–Trinajstić information content (AvgIpc) is 2.52. The van der Waals surface area contributed by atoms with E-state index in [2.05, 4.69) is 15.0 Å². The first kappa shape index (κ1) is 17.8. The van der Waals surface area contributed by atoms with E-state index in [1.807, 2.05) is 0 Å². The summed E-state index contributed by atoms with van der Waals surface area (Å²) in [6, 6.07) is 12.0. The second-order valence-corrected chi connectivity index (χ2v) is 7.63. The van der Waals surface area contributed by atoms with Crippen LogP contribution in [0.4, 0.5) is 15.8 Å². The van der Waals surface area contributed by atoms with Gasteiger partial charge < -0.3 is 5.32 Å².